The second-order valence-electron chi connectivity index (χ2n) is 9.58. The second kappa shape index (κ2) is 10.1. The number of hydrogen-bond acceptors (Lipinski definition) is 5. The zero-order valence-electron chi connectivity index (χ0n) is 20.7. The highest BCUT2D eigenvalue weighted by Crippen LogP contribution is 2.31. The van der Waals surface area contributed by atoms with Crippen molar-refractivity contribution in [3.8, 4) is 11.4 Å². The average molecular weight is 558 g/mol. The summed E-state index contributed by atoms with van der Waals surface area (Å²) in [4.78, 5) is 20.0. The number of fused-ring (bicyclic) bond motifs is 3. The number of nitrogens with zero attached hydrogens (tertiary/aromatic N) is 4. The summed E-state index contributed by atoms with van der Waals surface area (Å²) in [7, 11) is 0. The van der Waals surface area contributed by atoms with Crippen LogP contribution in [0.4, 0.5) is 5.69 Å². The van der Waals surface area contributed by atoms with E-state index in [0.29, 0.717) is 24.8 Å². The quantitative estimate of drug-likeness (QED) is 0.258. The van der Waals surface area contributed by atoms with E-state index >= 15 is 0 Å². The number of benzene rings is 3. The van der Waals surface area contributed by atoms with Crippen LogP contribution in [-0.2, 0) is 17.9 Å². The van der Waals surface area contributed by atoms with Crippen molar-refractivity contribution in [2.45, 2.75) is 32.9 Å². The minimum absolute atomic E-state index is 0.0589. The first-order valence-corrected chi connectivity index (χ1v) is 13.5. The molecule has 0 radical (unpaired) electrons. The third-order valence-electron chi connectivity index (χ3n) is 7.14. The van der Waals surface area contributed by atoms with Crippen LogP contribution in [-0.4, -0.2) is 38.6 Å². The van der Waals surface area contributed by atoms with Crippen molar-refractivity contribution in [1.29, 1.82) is 0 Å². The average Bonchev–Trinajstić information content (AvgIpc) is 3.51. The predicted molar refractivity (Wildman–Crippen MR) is 149 cm³/mol. The van der Waals surface area contributed by atoms with E-state index in [-0.39, 0.29) is 11.8 Å². The van der Waals surface area contributed by atoms with Crippen LogP contribution in [0.1, 0.15) is 25.7 Å². The molecule has 0 spiro atoms. The Balaban J connectivity index is 1.14. The summed E-state index contributed by atoms with van der Waals surface area (Å²) in [6, 6.07) is 22.5. The summed E-state index contributed by atoms with van der Waals surface area (Å²) < 4.78 is 8.80. The summed E-state index contributed by atoms with van der Waals surface area (Å²) >= 11 is 3.48. The fraction of sp³-hybridized carbons (Fsp3) is 0.276. The number of anilines is 1. The number of para-hydroxylation sites is 1. The fourth-order valence-corrected chi connectivity index (χ4v) is 5.78. The molecule has 2 aromatic heterocycles. The van der Waals surface area contributed by atoms with Crippen molar-refractivity contribution in [2.75, 3.05) is 18.4 Å². The number of carbonyl (C=O) groups is 1. The number of halogens is 1. The highest BCUT2D eigenvalue weighted by Gasteiger charge is 2.27. The SMILES string of the molecule is CCn1c2ccccc2c2cc(NC(=O)C3CCCN(Cc4nc(-c5cccc(Br)c5)no4)C3)ccc21. The van der Waals surface area contributed by atoms with E-state index in [4.69, 9.17) is 4.52 Å². The topological polar surface area (TPSA) is 76.2 Å². The van der Waals surface area contributed by atoms with E-state index in [1.807, 2.05) is 30.3 Å². The van der Waals surface area contributed by atoms with E-state index in [1.165, 1.54) is 16.4 Å². The van der Waals surface area contributed by atoms with Crippen molar-refractivity contribution < 1.29 is 9.32 Å². The summed E-state index contributed by atoms with van der Waals surface area (Å²) in [5, 5.41) is 9.70. The Morgan fingerprint density at radius 2 is 1.95 bits per heavy atom. The number of nitrogens with one attached hydrogen (secondary N) is 1. The van der Waals surface area contributed by atoms with Crippen molar-refractivity contribution >= 4 is 49.3 Å². The summed E-state index contributed by atoms with van der Waals surface area (Å²) in [5.74, 6) is 1.11. The third-order valence-corrected chi connectivity index (χ3v) is 7.64. The lowest BCUT2D eigenvalue weighted by atomic mass is 9.97. The van der Waals surface area contributed by atoms with Crippen LogP contribution in [0.15, 0.2) is 75.7 Å². The Morgan fingerprint density at radius 1 is 1.08 bits per heavy atom. The summed E-state index contributed by atoms with van der Waals surface area (Å²) in [6.07, 6.45) is 1.82. The monoisotopic (exact) mass is 557 g/mol. The Morgan fingerprint density at radius 3 is 2.81 bits per heavy atom. The molecule has 0 aliphatic carbocycles. The van der Waals surface area contributed by atoms with Gasteiger partial charge in [-0.05, 0) is 62.7 Å². The molecule has 0 saturated carbocycles. The highest BCUT2D eigenvalue weighted by atomic mass is 79.9. The maximum absolute atomic E-state index is 13.2. The molecule has 8 heteroatoms. The zero-order chi connectivity index (χ0) is 25.4. The van der Waals surface area contributed by atoms with Crippen LogP contribution in [0.25, 0.3) is 33.2 Å². The molecular weight excluding hydrogens is 530 g/mol. The van der Waals surface area contributed by atoms with Crippen LogP contribution in [0.5, 0.6) is 0 Å². The lowest BCUT2D eigenvalue weighted by Gasteiger charge is -2.30. The number of aromatic nitrogens is 3. The van der Waals surface area contributed by atoms with Gasteiger partial charge < -0.3 is 14.4 Å². The fourth-order valence-electron chi connectivity index (χ4n) is 5.38. The number of amides is 1. The van der Waals surface area contributed by atoms with Crippen molar-refractivity contribution in [1.82, 2.24) is 19.6 Å². The number of aryl methyl sites for hydroxylation is 1. The number of hydrogen-bond donors (Lipinski definition) is 1. The highest BCUT2D eigenvalue weighted by molar-refractivity contribution is 9.10. The molecule has 3 heterocycles. The molecule has 1 atom stereocenters. The molecule has 37 heavy (non-hydrogen) atoms. The Kier molecular flexibility index (Phi) is 6.52. The molecule has 0 bridgehead atoms. The normalized spacial score (nSPS) is 16.4. The van der Waals surface area contributed by atoms with Gasteiger partial charge in [0.15, 0.2) is 0 Å². The van der Waals surface area contributed by atoms with E-state index in [9.17, 15) is 4.79 Å². The van der Waals surface area contributed by atoms with Crippen LogP contribution in [0.3, 0.4) is 0 Å². The first-order valence-electron chi connectivity index (χ1n) is 12.7. The third kappa shape index (κ3) is 4.79. The van der Waals surface area contributed by atoms with E-state index < -0.39 is 0 Å². The first-order chi connectivity index (χ1) is 18.1. The first kappa shape index (κ1) is 23.9. The number of rotatable bonds is 6. The van der Waals surface area contributed by atoms with Gasteiger partial charge in [-0.1, -0.05) is 51.4 Å². The van der Waals surface area contributed by atoms with Gasteiger partial charge in [0.05, 0.1) is 12.5 Å². The molecular formula is C29H28BrN5O2. The van der Waals surface area contributed by atoms with Crippen molar-refractivity contribution in [3.63, 3.8) is 0 Å². The molecule has 1 aliphatic heterocycles. The standard InChI is InChI=1S/C29H28BrN5O2/c1-2-35-25-11-4-3-10-23(25)24-16-22(12-13-26(24)35)31-29(36)20-8-6-14-34(17-20)18-27-32-28(33-37-27)19-7-5-9-21(30)15-19/h3-5,7,9-13,15-16,20H,2,6,8,14,17-18H2,1H3,(H,31,36). The molecule has 188 valence electrons. The Bertz CT molecular complexity index is 1590. The van der Waals surface area contributed by atoms with Gasteiger partial charge in [-0.3, -0.25) is 9.69 Å². The summed E-state index contributed by atoms with van der Waals surface area (Å²) in [5.41, 5.74) is 4.14. The lowest BCUT2D eigenvalue weighted by molar-refractivity contribution is -0.121. The van der Waals surface area contributed by atoms with Gasteiger partial charge >= 0.3 is 0 Å². The smallest absolute Gasteiger partial charge is 0.241 e. The number of carbonyl (C=O) groups excluding carboxylic acids is 1. The van der Waals surface area contributed by atoms with Gasteiger partial charge in [-0.2, -0.15) is 4.98 Å². The zero-order valence-corrected chi connectivity index (χ0v) is 22.2. The molecule has 1 aliphatic rings. The van der Waals surface area contributed by atoms with Crippen LogP contribution >= 0.6 is 15.9 Å². The molecule has 1 saturated heterocycles. The molecule has 3 aromatic carbocycles. The minimum atomic E-state index is -0.0890. The molecule has 5 aromatic rings. The Labute approximate surface area is 223 Å². The second-order valence-corrected chi connectivity index (χ2v) is 10.5. The molecule has 1 amide bonds. The summed E-state index contributed by atoms with van der Waals surface area (Å²) in [6.45, 7) is 5.16. The number of likely N-dealkylation sites (tertiary alicyclic amines) is 1. The van der Waals surface area contributed by atoms with Crippen LogP contribution in [0, 0.1) is 5.92 Å². The maximum atomic E-state index is 13.2. The Hall–Kier alpha value is -3.49. The molecule has 1 N–H and O–H groups in total. The van der Waals surface area contributed by atoms with Gasteiger partial charge in [0.1, 0.15) is 0 Å². The molecule has 6 rings (SSSR count). The molecule has 1 fully saturated rings. The van der Waals surface area contributed by atoms with Gasteiger partial charge in [-0.25, -0.2) is 0 Å². The predicted octanol–water partition coefficient (Wildman–Crippen LogP) is 6.48. The van der Waals surface area contributed by atoms with Crippen molar-refractivity contribution in [2.24, 2.45) is 5.92 Å². The van der Waals surface area contributed by atoms with Crippen molar-refractivity contribution in [3.05, 3.63) is 77.1 Å². The van der Waals surface area contributed by atoms with Gasteiger partial charge in [0.2, 0.25) is 17.6 Å². The van der Waals surface area contributed by atoms with Gasteiger partial charge in [0, 0.05) is 50.6 Å². The maximum Gasteiger partial charge on any atom is 0.241 e. The largest absolute Gasteiger partial charge is 0.341 e. The van der Waals surface area contributed by atoms with E-state index in [0.717, 1.165) is 47.0 Å². The van der Waals surface area contributed by atoms with Gasteiger partial charge in [-0.15, -0.1) is 0 Å². The minimum Gasteiger partial charge on any atom is -0.341 e. The van der Waals surface area contributed by atoms with Gasteiger partial charge in [0.25, 0.3) is 0 Å². The van der Waals surface area contributed by atoms with Crippen LogP contribution in [0.2, 0.25) is 0 Å². The van der Waals surface area contributed by atoms with E-state index in [1.54, 1.807) is 0 Å². The van der Waals surface area contributed by atoms with E-state index in [2.05, 4.69) is 84.2 Å². The van der Waals surface area contributed by atoms with Crippen LogP contribution < -0.4 is 5.32 Å². The number of piperidine rings is 1. The molecule has 7 nitrogen and oxygen atoms in total. The lowest BCUT2D eigenvalue weighted by Crippen LogP contribution is -2.40. The molecule has 1 unspecified atom stereocenters.